The number of benzene rings is 1. The molecule has 0 bridgehead atoms. The van der Waals surface area contributed by atoms with E-state index in [2.05, 4.69) is 15.3 Å². The molecule has 1 heterocycles. The third kappa shape index (κ3) is 3.52. The molecule has 1 aliphatic carbocycles. The zero-order valence-corrected chi connectivity index (χ0v) is 13.9. The highest BCUT2D eigenvalue weighted by molar-refractivity contribution is 7.98. The van der Waals surface area contributed by atoms with Crippen LogP contribution in [0.3, 0.4) is 0 Å². The summed E-state index contributed by atoms with van der Waals surface area (Å²) in [7, 11) is 0. The van der Waals surface area contributed by atoms with Crippen LogP contribution in [0, 0.1) is 18.7 Å². The standard InChI is InChI=1S/C17H18FN3OS/c1-10-7-12(18)5-6-13(10)15-14(9-22)16(19-8-11-3-4-11)21-17(20-15)23-2/h5-7,9,11H,3-4,8H2,1-2H3,(H,19,20,21). The van der Waals surface area contributed by atoms with Crippen LogP contribution in [0.2, 0.25) is 0 Å². The van der Waals surface area contributed by atoms with Gasteiger partial charge in [0.25, 0.3) is 0 Å². The van der Waals surface area contributed by atoms with Crippen LogP contribution in [-0.4, -0.2) is 29.1 Å². The van der Waals surface area contributed by atoms with Crippen LogP contribution >= 0.6 is 11.8 Å². The van der Waals surface area contributed by atoms with E-state index in [-0.39, 0.29) is 5.82 Å². The van der Waals surface area contributed by atoms with Crippen LogP contribution in [0.4, 0.5) is 10.2 Å². The van der Waals surface area contributed by atoms with Crippen molar-refractivity contribution < 1.29 is 9.18 Å². The highest BCUT2D eigenvalue weighted by atomic mass is 32.2. The number of nitrogens with zero attached hydrogens (tertiary/aromatic N) is 2. The quantitative estimate of drug-likeness (QED) is 0.493. The molecule has 4 nitrogen and oxygen atoms in total. The highest BCUT2D eigenvalue weighted by Crippen LogP contribution is 2.32. The molecule has 0 saturated heterocycles. The summed E-state index contributed by atoms with van der Waals surface area (Å²) in [5.74, 6) is 0.924. The largest absolute Gasteiger partial charge is 0.369 e. The molecule has 0 spiro atoms. The molecule has 2 aromatic rings. The number of aromatic nitrogens is 2. The minimum atomic E-state index is -0.301. The Bertz CT molecular complexity index is 747. The molecule has 0 radical (unpaired) electrons. The van der Waals surface area contributed by atoms with Crippen molar-refractivity contribution in [3.8, 4) is 11.3 Å². The van der Waals surface area contributed by atoms with E-state index in [1.165, 1.54) is 36.7 Å². The number of rotatable bonds is 6. The van der Waals surface area contributed by atoms with Crippen LogP contribution in [0.5, 0.6) is 0 Å². The smallest absolute Gasteiger partial charge is 0.189 e. The summed E-state index contributed by atoms with van der Waals surface area (Å²) in [6.45, 7) is 2.62. The molecule has 0 amide bonds. The molecule has 1 aliphatic rings. The predicted molar refractivity (Wildman–Crippen MR) is 90.5 cm³/mol. The molecular formula is C17H18FN3OS. The summed E-state index contributed by atoms with van der Waals surface area (Å²) in [6, 6.07) is 4.49. The Kier molecular flexibility index (Phi) is 4.61. The van der Waals surface area contributed by atoms with Gasteiger partial charge >= 0.3 is 0 Å². The molecule has 3 rings (SSSR count). The van der Waals surface area contributed by atoms with Crippen molar-refractivity contribution >= 4 is 23.9 Å². The van der Waals surface area contributed by atoms with Gasteiger partial charge in [-0.3, -0.25) is 4.79 Å². The zero-order chi connectivity index (χ0) is 16.4. The van der Waals surface area contributed by atoms with E-state index in [1.54, 1.807) is 6.07 Å². The Morgan fingerprint density at radius 1 is 1.39 bits per heavy atom. The molecule has 0 unspecified atom stereocenters. The lowest BCUT2D eigenvalue weighted by Crippen LogP contribution is -2.10. The monoisotopic (exact) mass is 331 g/mol. The average Bonchev–Trinajstić information content (AvgIpc) is 3.36. The van der Waals surface area contributed by atoms with Gasteiger partial charge in [0.2, 0.25) is 0 Å². The van der Waals surface area contributed by atoms with Crippen molar-refractivity contribution in [2.45, 2.75) is 24.9 Å². The van der Waals surface area contributed by atoms with E-state index in [9.17, 15) is 9.18 Å². The number of halogens is 1. The third-order valence-corrected chi connectivity index (χ3v) is 4.47. The highest BCUT2D eigenvalue weighted by Gasteiger charge is 2.23. The van der Waals surface area contributed by atoms with E-state index in [4.69, 9.17) is 0 Å². The van der Waals surface area contributed by atoms with E-state index in [0.29, 0.717) is 28.1 Å². The maximum Gasteiger partial charge on any atom is 0.189 e. The number of nitrogens with one attached hydrogen (secondary N) is 1. The lowest BCUT2D eigenvalue weighted by Gasteiger charge is -2.14. The summed E-state index contributed by atoms with van der Waals surface area (Å²) >= 11 is 1.42. The van der Waals surface area contributed by atoms with Gasteiger partial charge in [-0.05, 0) is 55.7 Å². The Morgan fingerprint density at radius 2 is 2.17 bits per heavy atom. The van der Waals surface area contributed by atoms with Gasteiger partial charge in [0, 0.05) is 12.1 Å². The molecule has 0 atom stereocenters. The number of carbonyl (C=O) groups is 1. The zero-order valence-electron chi connectivity index (χ0n) is 13.1. The predicted octanol–water partition coefficient (Wildman–Crippen LogP) is 3.95. The van der Waals surface area contributed by atoms with E-state index in [0.717, 1.165) is 24.0 Å². The molecule has 0 aliphatic heterocycles. The molecule has 120 valence electrons. The molecule has 1 saturated carbocycles. The minimum Gasteiger partial charge on any atom is -0.369 e. The van der Waals surface area contributed by atoms with Gasteiger partial charge in [-0.15, -0.1) is 0 Å². The third-order valence-electron chi connectivity index (χ3n) is 3.92. The molecule has 1 aromatic heterocycles. The summed E-state index contributed by atoms with van der Waals surface area (Å²) in [4.78, 5) is 20.6. The fourth-order valence-corrected chi connectivity index (χ4v) is 2.81. The first-order chi connectivity index (χ1) is 11.1. The van der Waals surface area contributed by atoms with Crippen molar-refractivity contribution in [2.75, 3.05) is 18.1 Å². The van der Waals surface area contributed by atoms with Crippen molar-refractivity contribution in [1.29, 1.82) is 0 Å². The van der Waals surface area contributed by atoms with Gasteiger partial charge in [-0.1, -0.05) is 11.8 Å². The van der Waals surface area contributed by atoms with Crippen LogP contribution in [0.25, 0.3) is 11.3 Å². The Labute approximate surface area is 138 Å². The lowest BCUT2D eigenvalue weighted by molar-refractivity contribution is 0.112. The summed E-state index contributed by atoms with van der Waals surface area (Å²) in [6.07, 6.45) is 5.10. The number of thioether (sulfide) groups is 1. The number of aryl methyl sites for hydroxylation is 1. The first kappa shape index (κ1) is 15.9. The maximum absolute atomic E-state index is 13.4. The van der Waals surface area contributed by atoms with Crippen molar-refractivity contribution in [2.24, 2.45) is 5.92 Å². The first-order valence-corrected chi connectivity index (χ1v) is 8.76. The van der Waals surface area contributed by atoms with E-state index >= 15 is 0 Å². The first-order valence-electron chi connectivity index (χ1n) is 7.54. The number of hydrogen-bond donors (Lipinski definition) is 1. The topological polar surface area (TPSA) is 54.9 Å². The fraction of sp³-hybridized carbons (Fsp3) is 0.353. The normalized spacial score (nSPS) is 13.9. The van der Waals surface area contributed by atoms with Crippen LogP contribution < -0.4 is 5.32 Å². The second-order valence-corrected chi connectivity index (χ2v) is 6.50. The lowest BCUT2D eigenvalue weighted by atomic mass is 10.0. The van der Waals surface area contributed by atoms with Crippen LogP contribution in [-0.2, 0) is 0 Å². The number of hydrogen-bond acceptors (Lipinski definition) is 5. The van der Waals surface area contributed by atoms with E-state index in [1.807, 2.05) is 13.2 Å². The Morgan fingerprint density at radius 3 is 2.78 bits per heavy atom. The van der Waals surface area contributed by atoms with E-state index < -0.39 is 0 Å². The van der Waals surface area contributed by atoms with Gasteiger partial charge in [-0.2, -0.15) is 0 Å². The maximum atomic E-state index is 13.4. The summed E-state index contributed by atoms with van der Waals surface area (Å²) < 4.78 is 13.4. The number of carbonyl (C=O) groups excluding carboxylic acids is 1. The second kappa shape index (κ2) is 6.66. The Hall–Kier alpha value is -1.95. The molecular weight excluding hydrogens is 313 g/mol. The second-order valence-electron chi connectivity index (χ2n) is 5.72. The number of aldehydes is 1. The van der Waals surface area contributed by atoms with Gasteiger partial charge in [0.15, 0.2) is 11.4 Å². The van der Waals surface area contributed by atoms with Gasteiger partial charge in [0.1, 0.15) is 11.6 Å². The van der Waals surface area contributed by atoms with Gasteiger partial charge < -0.3 is 5.32 Å². The van der Waals surface area contributed by atoms with Crippen molar-refractivity contribution in [3.05, 3.63) is 35.1 Å². The van der Waals surface area contributed by atoms with Crippen molar-refractivity contribution in [1.82, 2.24) is 9.97 Å². The molecule has 1 aromatic carbocycles. The van der Waals surface area contributed by atoms with Crippen LogP contribution in [0.15, 0.2) is 23.4 Å². The SMILES string of the molecule is CSc1nc(NCC2CC2)c(C=O)c(-c2ccc(F)cc2C)n1. The fourth-order valence-electron chi connectivity index (χ4n) is 2.45. The summed E-state index contributed by atoms with van der Waals surface area (Å²) in [5, 5.41) is 3.86. The molecule has 23 heavy (non-hydrogen) atoms. The van der Waals surface area contributed by atoms with Crippen molar-refractivity contribution in [3.63, 3.8) is 0 Å². The average molecular weight is 331 g/mol. The molecule has 6 heteroatoms. The minimum absolute atomic E-state index is 0.301. The Balaban J connectivity index is 2.09. The number of anilines is 1. The van der Waals surface area contributed by atoms with Gasteiger partial charge in [-0.25, -0.2) is 14.4 Å². The summed E-state index contributed by atoms with van der Waals surface area (Å²) in [5.41, 5.74) is 2.47. The molecule has 1 N–H and O–H groups in total. The molecule has 1 fully saturated rings. The van der Waals surface area contributed by atoms with Gasteiger partial charge in [0.05, 0.1) is 11.3 Å². The van der Waals surface area contributed by atoms with Crippen LogP contribution in [0.1, 0.15) is 28.8 Å².